The third-order valence-corrected chi connectivity index (χ3v) is 6.75. The van der Waals surface area contributed by atoms with Gasteiger partial charge in [-0.1, -0.05) is 6.07 Å². The van der Waals surface area contributed by atoms with Gasteiger partial charge in [0, 0.05) is 13.1 Å². The van der Waals surface area contributed by atoms with Crippen molar-refractivity contribution in [3.8, 4) is 22.9 Å². The molecular formula is C21H25N5O5S. The third-order valence-electron chi connectivity index (χ3n) is 4.95. The van der Waals surface area contributed by atoms with Gasteiger partial charge in [0.1, 0.15) is 11.5 Å². The van der Waals surface area contributed by atoms with Crippen molar-refractivity contribution in [2.75, 3.05) is 33.1 Å². The van der Waals surface area contributed by atoms with Crippen LogP contribution in [0.2, 0.25) is 0 Å². The standard InChI is InChI=1S/C21H25N5O5S/c1-13-6-8-16(10-14(13)2)32(28,29)26(3)12-19(27)22-21-23-20(24-25-21)17-9-7-15(30-4)11-18(17)31-5/h6-11H,12H2,1-5H3,(H2,22,23,24,25,27). The number of aromatic nitrogens is 3. The quantitative estimate of drug-likeness (QED) is 0.529. The van der Waals surface area contributed by atoms with E-state index in [9.17, 15) is 13.2 Å². The number of carbonyl (C=O) groups excluding carboxylic acids is 1. The van der Waals surface area contributed by atoms with Gasteiger partial charge in [0.15, 0.2) is 5.82 Å². The minimum Gasteiger partial charge on any atom is -0.497 e. The number of nitrogens with one attached hydrogen (secondary N) is 2. The highest BCUT2D eigenvalue weighted by atomic mass is 32.2. The van der Waals surface area contributed by atoms with Crippen LogP contribution in [-0.4, -0.2) is 61.6 Å². The number of benzene rings is 2. The van der Waals surface area contributed by atoms with Crippen LogP contribution in [0.1, 0.15) is 11.1 Å². The topological polar surface area (TPSA) is 127 Å². The Morgan fingerprint density at radius 3 is 2.50 bits per heavy atom. The summed E-state index contributed by atoms with van der Waals surface area (Å²) in [4.78, 5) is 16.8. The lowest BCUT2D eigenvalue weighted by atomic mass is 10.1. The minimum absolute atomic E-state index is 0.0137. The molecule has 0 atom stereocenters. The zero-order valence-electron chi connectivity index (χ0n) is 18.5. The van der Waals surface area contributed by atoms with Gasteiger partial charge < -0.3 is 9.47 Å². The van der Waals surface area contributed by atoms with E-state index in [1.54, 1.807) is 37.4 Å². The molecule has 3 aromatic rings. The van der Waals surface area contributed by atoms with Gasteiger partial charge in [-0.05, 0) is 49.2 Å². The zero-order chi connectivity index (χ0) is 23.5. The normalized spacial score (nSPS) is 11.4. The van der Waals surface area contributed by atoms with Crippen molar-refractivity contribution in [1.29, 1.82) is 0 Å². The first-order valence-electron chi connectivity index (χ1n) is 9.64. The predicted molar refractivity (Wildman–Crippen MR) is 119 cm³/mol. The Bertz CT molecular complexity index is 1240. The summed E-state index contributed by atoms with van der Waals surface area (Å²) in [6.45, 7) is 3.33. The lowest BCUT2D eigenvalue weighted by molar-refractivity contribution is -0.116. The summed E-state index contributed by atoms with van der Waals surface area (Å²) >= 11 is 0. The summed E-state index contributed by atoms with van der Waals surface area (Å²) in [5, 5.41) is 9.21. The molecule has 0 bridgehead atoms. The number of nitrogens with zero attached hydrogens (tertiary/aromatic N) is 3. The van der Waals surface area contributed by atoms with Crippen LogP contribution >= 0.6 is 0 Å². The van der Waals surface area contributed by atoms with Crippen LogP contribution in [0.5, 0.6) is 11.5 Å². The smallest absolute Gasteiger partial charge is 0.249 e. The van der Waals surface area contributed by atoms with Crippen molar-refractivity contribution >= 4 is 21.9 Å². The Morgan fingerprint density at radius 2 is 1.84 bits per heavy atom. The summed E-state index contributed by atoms with van der Waals surface area (Å²) in [5.41, 5.74) is 2.46. The number of aromatic amines is 1. The van der Waals surface area contributed by atoms with Gasteiger partial charge in [0.25, 0.3) is 0 Å². The maximum absolute atomic E-state index is 12.8. The van der Waals surface area contributed by atoms with Gasteiger partial charge in [-0.15, -0.1) is 5.10 Å². The first-order chi connectivity index (χ1) is 15.1. The number of methoxy groups -OCH3 is 2. The predicted octanol–water partition coefficient (Wildman–Crippen LogP) is 2.36. The second-order valence-corrected chi connectivity index (χ2v) is 9.17. The minimum atomic E-state index is -3.82. The van der Waals surface area contributed by atoms with Crippen LogP contribution in [0.4, 0.5) is 5.95 Å². The zero-order valence-corrected chi connectivity index (χ0v) is 19.3. The largest absolute Gasteiger partial charge is 0.497 e. The second kappa shape index (κ2) is 9.37. The van der Waals surface area contributed by atoms with Crippen molar-refractivity contribution < 1.29 is 22.7 Å². The van der Waals surface area contributed by atoms with Gasteiger partial charge in [0.2, 0.25) is 21.9 Å². The molecule has 170 valence electrons. The molecule has 0 unspecified atom stereocenters. The summed E-state index contributed by atoms with van der Waals surface area (Å²) < 4.78 is 37.1. The molecule has 0 radical (unpaired) electrons. The molecule has 3 rings (SSSR count). The Balaban J connectivity index is 1.71. The van der Waals surface area contributed by atoms with E-state index in [0.717, 1.165) is 15.4 Å². The number of aryl methyl sites for hydroxylation is 2. The van der Waals surface area contributed by atoms with Crippen LogP contribution < -0.4 is 14.8 Å². The monoisotopic (exact) mass is 459 g/mol. The fourth-order valence-electron chi connectivity index (χ4n) is 2.94. The van der Waals surface area contributed by atoms with Crippen LogP contribution in [-0.2, 0) is 14.8 Å². The van der Waals surface area contributed by atoms with Crippen LogP contribution in [0.25, 0.3) is 11.4 Å². The van der Waals surface area contributed by atoms with E-state index in [1.165, 1.54) is 20.2 Å². The number of ether oxygens (including phenoxy) is 2. The summed E-state index contributed by atoms with van der Waals surface area (Å²) in [6.07, 6.45) is 0. The maximum atomic E-state index is 12.8. The number of hydrogen-bond donors (Lipinski definition) is 2. The number of hydrogen-bond acceptors (Lipinski definition) is 7. The lowest BCUT2D eigenvalue weighted by Gasteiger charge is -2.17. The molecule has 2 aromatic carbocycles. The van der Waals surface area contributed by atoms with E-state index in [1.807, 2.05) is 13.8 Å². The van der Waals surface area contributed by atoms with E-state index in [2.05, 4.69) is 20.5 Å². The lowest BCUT2D eigenvalue weighted by Crippen LogP contribution is -2.35. The Morgan fingerprint density at radius 1 is 1.09 bits per heavy atom. The summed E-state index contributed by atoms with van der Waals surface area (Å²) in [6, 6.07) is 10.0. The van der Waals surface area contributed by atoms with Gasteiger partial charge in [-0.3, -0.25) is 15.2 Å². The van der Waals surface area contributed by atoms with Crippen molar-refractivity contribution in [2.24, 2.45) is 0 Å². The highest BCUT2D eigenvalue weighted by Gasteiger charge is 2.24. The van der Waals surface area contributed by atoms with Crippen LogP contribution in [0.15, 0.2) is 41.3 Å². The number of anilines is 1. The summed E-state index contributed by atoms with van der Waals surface area (Å²) in [7, 11) is 0.586. The molecule has 10 nitrogen and oxygen atoms in total. The van der Waals surface area contributed by atoms with Gasteiger partial charge in [0.05, 0.1) is 31.2 Å². The maximum Gasteiger partial charge on any atom is 0.249 e. The number of rotatable bonds is 8. The number of carbonyl (C=O) groups is 1. The van der Waals surface area contributed by atoms with Crippen molar-refractivity contribution in [2.45, 2.75) is 18.7 Å². The average molecular weight is 460 g/mol. The van der Waals surface area contributed by atoms with Gasteiger partial charge in [-0.25, -0.2) is 8.42 Å². The molecule has 0 spiro atoms. The van der Waals surface area contributed by atoms with E-state index in [-0.39, 0.29) is 10.8 Å². The first kappa shape index (κ1) is 23.2. The van der Waals surface area contributed by atoms with Crippen LogP contribution in [0.3, 0.4) is 0 Å². The molecule has 0 aliphatic rings. The number of H-pyrrole nitrogens is 1. The molecule has 0 saturated carbocycles. The van der Waals surface area contributed by atoms with Gasteiger partial charge in [-0.2, -0.15) is 9.29 Å². The fourth-order valence-corrected chi connectivity index (χ4v) is 4.15. The molecule has 32 heavy (non-hydrogen) atoms. The molecule has 11 heteroatoms. The highest BCUT2D eigenvalue weighted by Crippen LogP contribution is 2.31. The molecule has 0 aliphatic heterocycles. The fraction of sp³-hybridized carbons (Fsp3) is 0.286. The van der Waals surface area contributed by atoms with Crippen LogP contribution in [0, 0.1) is 13.8 Å². The summed E-state index contributed by atoms with van der Waals surface area (Å²) in [5.74, 6) is 0.937. The molecule has 1 heterocycles. The Hall–Kier alpha value is -3.44. The molecule has 2 N–H and O–H groups in total. The molecule has 0 saturated heterocycles. The SMILES string of the molecule is COc1ccc(-c2nc(NC(=O)CN(C)S(=O)(=O)c3ccc(C)c(C)c3)n[nH]2)c(OC)c1. The molecule has 0 fully saturated rings. The average Bonchev–Trinajstić information content (AvgIpc) is 3.22. The molecule has 1 amide bonds. The molecule has 1 aromatic heterocycles. The van der Waals surface area contributed by atoms with Gasteiger partial charge >= 0.3 is 0 Å². The van der Waals surface area contributed by atoms with E-state index in [0.29, 0.717) is 22.9 Å². The molecule has 0 aliphatic carbocycles. The van der Waals surface area contributed by atoms with Crippen molar-refractivity contribution in [1.82, 2.24) is 19.5 Å². The number of amides is 1. The Kier molecular flexibility index (Phi) is 6.80. The Labute approximate surface area is 186 Å². The highest BCUT2D eigenvalue weighted by molar-refractivity contribution is 7.89. The number of sulfonamides is 1. The van der Waals surface area contributed by atoms with E-state index < -0.39 is 22.5 Å². The third kappa shape index (κ3) is 4.89. The number of likely N-dealkylation sites (N-methyl/N-ethyl adjacent to an activating group) is 1. The first-order valence-corrected chi connectivity index (χ1v) is 11.1. The van der Waals surface area contributed by atoms with Crippen molar-refractivity contribution in [3.05, 3.63) is 47.5 Å². The second-order valence-electron chi connectivity index (χ2n) is 7.13. The van der Waals surface area contributed by atoms with E-state index in [4.69, 9.17) is 9.47 Å². The van der Waals surface area contributed by atoms with E-state index >= 15 is 0 Å². The molecular weight excluding hydrogens is 434 g/mol. The van der Waals surface area contributed by atoms with Crippen molar-refractivity contribution in [3.63, 3.8) is 0 Å².